The monoisotopic (exact) mass is 453 g/mol. The third kappa shape index (κ3) is 4.11. The molecule has 0 aliphatic heterocycles. The van der Waals surface area contributed by atoms with Crippen LogP contribution in [0.2, 0.25) is 10.0 Å². The molecule has 1 N–H and O–H groups in total. The van der Waals surface area contributed by atoms with Crippen molar-refractivity contribution >= 4 is 29.1 Å². The number of carbonyl (C=O) groups excluding carboxylic acids is 1. The molecule has 2 aliphatic carbocycles. The van der Waals surface area contributed by atoms with Gasteiger partial charge in [0.2, 0.25) is 0 Å². The minimum Gasteiger partial charge on any atom is -0.348 e. The molecule has 0 atom stereocenters. The second kappa shape index (κ2) is 8.33. The minimum atomic E-state index is -0.121. The molecule has 1 aromatic heterocycles. The first-order chi connectivity index (χ1) is 15.0. The Morgan fingerprint density at radius 2 is 1.74 bits per heavy atom. The zero-order valence-electron chi connectivity index (χ0n) is 17.5. The summed E-state index contributed by atoms with van der Waals surface area (Å²) in [6.07, 6.45) is 6.92. The molecular weight excluding hydrogens is 429 g/mol. The summed E-state index contributed by atoms with van der Waals surface area (Å²) in [5, 5.41) is 8.96. The lowest BCUT2D eigenvalue weighted by Gasteiger charge is -2.11. The molecule has 2 fully saturated rings. The van der Waals surface area contributed by atoms with Gasteiger partial charge in [0.15, 0.2) is 5.69 Å². The van der Waals surface area contributed by atoms with Crippen LogP contribution in [-0.4, -0.2) is 21.7 Å². The van der Waals surface area contributed by atoms with Crippen molar-refractivity contribution in [3.63, 3.8) is 0 Å². The summed E-state index contributed by atoms with van der Waals surface area (Å²) in [5.41, 5.74) is 5.26. The van der Waals surface area contributed by atoms with E-state index in [1.54, 1.807) is 16.8 Å². The zero-order chi connectivity index (χ0) is 21.5. The average Bonchev–Trinajstić information content (AvgIpc) is 3.37. The molecule has 0 spiro atoms. The Bertz CT molecular complexity index is 1130. The Kier molecular flexibility index (Phi) is 5.53. The molecule has 2 saturated carbocycles. The number of carbonyl (C=O) groups is 1. The first-order valence-corrected chi connectivity index (χ1v) is 11.7. The van der Waals surface area contributed by atoms with Crippen molar-refractivity contribution in [2.75, 3.05) is 0 Å². The van der Waals surface area contributed by atoms with E-state index in [1.165, 1.54) is 18.4 Å². The van der Waals surface area contributed by atoms with Crippen LogP contribution in [0.4, 0.5) is 0 Å². The van der Waals surface area contributed by atoms with E-state index in [9.17, 15) is 4.79 Å². The van der Waals surface area contributed by atoms with Crippen molar-refractivity contribution in [2.24, 2.45) is 0 Å². The highest BCUT2D eigenvalue weighted by atomic mass is 35.5. The van der Waals surface area contributed by atoms with Gasteiger partial charge in [-0.1, -0.05) is 60.3 Å². The number of benzene rings is 2. The zero-order valence-corrected chi connectivity index (χ0v) is 19.0. The number of hydrogen-bond donors (Lipinski definition) is 1. The van der Waals surface area contributed by atoms with Crippen LogP contribution in [0.15, 0.2) is 42.5 Å². The number of nitrogens with one attached hydrogen (secondary N) is 1. The van der Waals surface area contributed by atoms with Gasteiger partial charge >= 0.3 is 0 Å². The Labute approximate surface area is 192 Å². The SMILES string of the molecule is Cc1c(C(=O)NC2CCCC2)nn(-c2ccc(Cl)cc2Cl)c1-c1ccc(C2CC2)cc1. The van der Waals surface area contributed by atoms with Crippen molar-refractivity contribution in [1.29, 1.82) is 0 Å². The summed E-state index contributed by atoms with van der Waals surface area (Å²) < 4.78 is 1.78. The summed E-state index contributed by atoms with van der Waals surface area (Å²) in [6, 6.07) is 14.2. The van der Waals surface area contributed by atoms with Crippen LogP contribution in [0.25, 0.3) is 16.9 Å². The van der Waals surface area contributed by atoms with Gasteiger partial charge in [-0.15, -0.1) is 0 Å². The van der Waals surface area contributed by atoms with Crippen LogP contribution >= 0.6 is 23.2 Å². The van der Waals surface area contributed by atoms with Gasteiger partial charge in [-0.3, -0.25) is 4.79 Å². The molecule has 2 aliphatic rings. The predicted molar refractivity (Wildman–Crippen MR) is 125 cm³/mol. The molecule has 0 saturated heterocycles. The topological polar surface area (TPSA) is 46.9 Å². The van der Waals surface area contributed by atoms with Crippen molar-refractivity contribution in [1.82, 2.24) is 15.1 Å². The number of amides is 1. The Morgan fingerprint density at radius 3 is 2.39 bits per heavy atom. The third-order valence-electron chi connectivity index (χ3n) is 6.40. The molecule has 0 bridgehead atoms. The minimum absolute atomic E-state index is 0.121. The first kappa shape index (κ1) is 20.6. The maximum absolute atomic E-state index is 13.1. The van der Waals surface area contributed by atoms with E-state index in [0.717, 1.165) is 42.5 Å². The van der Waals surface area contributed by atoms with Gasteiger partial charge in [0.05, 0.1) is 16.4 Å². The van der Waals surface area contributed by atoms with Gasteiger partial charge in [0, 0.05) is 22.2 Å². The van der Waals surface area contributed by atoms with Crippen LogP contribution in [0.3, 0.4) is 0 Å². The number of hydrogen-bond acceptors (Lipinski definition) is 2. The highest BCUT2D eigenvalue weighted by Gasteiger charge is 2.27. The van der Waals surface area contributed by atoms with E-state index in [1.807, 2.05) is 13.0 Å². The van der Waals surface area contributed by atoms with Gasteiger partial charge in [0.1, 0.15) is 0 Å². The Balaban J connectivity index is 1.59. The molecule has 5 rings (SSSR count). The quantitative estimate of drug-likeness (QED) is 0.466. The molecule has 31 heavy (non-hydrogen) atoms. The number of aromatic nitrogens is 2. The summed E-state index contributed by atoms with van der Waals surface area (Å²) in [4.78, 5) is 13.1. The summed E-state index contributed by atoms with van der Waals surface area (Å²) >= 11 is 12.6. The second-order valence-corrected chi connectivity index (χ2v) is 9.52. The van der Waals surface area contributed by atoms with E-state index in [-0.39, 0.29) is 11.9 Å². The van der Waals surface area contributed by atoms with Gasteiger partial charge in [-0.05, 0) is 62.3 Å². The maximum atomic E-state index is 13.1. The highest BCUT2D eigenvalue weighted by Crippen LogP contribution is 2.41. The molecule has 160 valence electrons. The molecule has 6 heteroatoms. The second-order valence-electron chi connectivity index (χ2n) is 8.68. The highest BCUT2D eigenvalue weighted by molar-refractivity contribution is 6.35. The molecule has 2 aromatic carbocycles. The van der Waals surface area contributed by atoms with Crippen molar-refractivity contribution in [3.8, 4) is 16.9 Å². The van der Waals surface area contributed by atoms with E-state index in [4.69, 9.17) is 28.3 Å². The largest absolute Gasteiger partial charge is 0.348 e. The van der Waals surface area contributed by atoms with Crippen molar-refractivity contribution < 1.29 is 4.79 Å². The van der Waals surface area contributed by atoms with Crippen LogP contribution < -0.4 is 5.32 Å². The van der Waals surface area contributed by atoms with E-state index in [2.05, 4.69) is 29.6 Å². The molecule has 0 unspecified atom stereocenters. The van der Waals surface area contributed by atoms with Crippen LogP contribution in [0, 0.1) is 6.92 Å². The van der Waals surface area contributed by atoms with Gasteiger partial charge in [0.25, 0.3) is 5.91 Å². The van der Waals surface area contributed by atoms with Crippen LogP contribution in [-0.2, 0) is 0 Å². The predicted octanol–water partition coefficient (Wildman–Crippen LogP) is 6.70. The molecule has 4 nitrogen and oxygen atoms in total. The van der Waals surface area contributed by atoms with Crippen LogP contribution in [0.1, 0.15) is 66.1 Å². The fourth-order valence-electron chi connectivity index (χ4n) is 4.53. The standard InChI is InChI=1S/C25H25Cl2N3O/c1-15-23(25(31)28-20-4-2-3-5-20)29-30(22-13-12-19(26)14-21(22)27)24(15)18-10-8-17(9-11-18)16-6-7-16/h8-14,16,20H,2-7H2,1H3,(H,28,31). The van der Waals surface area contributed by atoms with E-state index >= 15 is 0 Å². The lowest BCUT2D eigenvalue weighted by molar-refractivity contribution is 0.0932. The molecule has 0 radical (unpaired) electrons. The lowest BCUT2D eigenvalue weighted by Crippen LogP contribution is -2.33. The lowest BCUT2D eigenvalue weighted by atomic mass is 10.0. The van der Waals surface area contributed by atoms with E-state index < -0.39 is 0 Å². The summed E-state index contributed by atoms with van der Waals surface area (Å²) in [7, 11) is 0. The smallest absolute Gasteiger partial charge is 0.272 e. The normalized spacial score (nSPS) is 16.6. The molecular formula is C25H25Cl2N3O. The Hall–Kier alpha value is -2.30. The average molecular weight is 454 g/mol. The number of nitrogens with zero attached hydrogens (tertiary/aromatic N) is 2. The number of rotatable bonds is 5. The van der Waals surface area contributed by atoms with Crippen molar-refractivity contribution in [3.05, 3.63) is 69.3 Å². The number of halogens is 2. The molecule has 1 heterocycles. The van der Waals surface area contributed by atoms with E-state index in [0.29, 0.717) is 27.3 Å². The fourth-order valence-corrected chi connectivity index (χ4v) is 5.02. The van der Waals surface area contributed by atoms with Gasteiger partial charge < -0.3 is 5.32 Å². The molecule has 1 amide bonds. The van der Waals surface area contributed by atoms with Gasteiger partial charge in [-0.2, -0.15) is 5.10 Å². The first-order valence-electron chi connectivity index (χ1n) is 11.0. The summed E-state index contributed by atoms with van der Waals surface area (Å²) in [5.74, 6) is 0.572. The third-order valence-corrected chi connectivity index (χ3v) is 6.94. The molecule has 3 aromatic rings. The van der Waals surface area contributed by atoms with Crippen molar-refractivity contribution in [2.45, 2.75) is 57.4 Å². The Morgan fingerprint density at radius 1 is 1.03 bits per heavy atom. The van der Waals surface area contributed by atoms with Gasteiger partial charge in [-0.25, -0.2) is 4.68 Å². The van der Waals surface area contributed by atoms with Crippen LogP contribution in [0.5, 0.6) is 0 Å². The summed E-state index contributed by atoms with van der Waals surface area (Å²) in [6.45, 7) is 1.96. The maximum Gasteiger partial charge on any atom is 0.272 e. The fraction of sp³-hybridized carbons (Fsp3) is 0.360.